The number of sulfonamides is 1. The molecule has 2 rings (SSSR count). The number of carboxylic acids is 1. The normalized spacial score (nSPS) is 11.8. The Kier molecular flexibility index (Phi) is 4.55. The van der Waals surface area contributed by atoms with Crippen LogP contribution in [0.5, 0.6) is 0 Å². The number of aromatic nitrogens is 1. The van der Waals surface area contributed by atoms with Crippen LogP contribution in [0, 0.1) is 6.92 Å². The van der Waals surface area contributed by atoms with E-state index in [0.717, 1.165) is 10.4 Å². The topological polar surface area (TPSA) is 101 Å². The highest BCUT2D eigenvalue weighted by molar-refractivity contribution is 7.89. The van der Waals surface area contributed by atoms with Crippen molar-refractivity contribution < 1.29 is 22.8 Å². The lowest BCUT2D eigenvalue weighted by Gasteiger charge is -2.16. The maximum atomic E-state index is 12.5. The van der Waals surface area contributed by atoms with Crippen LogP contribution in [-0.4, -0.2) is 36.0 Å². The lowest BCUT2D eigenvalue weighted by molar-refractivity contribution is 0.0697. The predicted molar refractivity (Wildman–Crippen MR) is 78.3 cm³/mol. The van der Waals surface area contributed by atoms with Gasteiger partial charge < -0.3 is 9.63 Å². The minimum absolute atomic E-state index is 0.00467. The summed E-state index contributed by atoms with van der Waals surface area (Å²) in [5, 5.41) is 12.7. The fourth-order valence-electron chi connectivity index (χ4n) is 1.81. The smallest absolute Gasteiger partial charge is 0.337 e. The number of hydrogen-bond acceptors (Lipinski definition) is 5. The minimum Gasteiger partial charge on any atom is -0.478 e. The van der Waals surface area contributed by atoms with Crippen LogP contribution in [0.25, 0.3) is 0 Å². The van der Waals surface area contributed by atoms with Gasteiger partial charge in [0.05, 0.1) is 27.7 Å². The lowest BCUT2D eigenvalue weighted by atomic mass is 10.2. The molecular formula is C13H13ClN2O5S. The molecule has 1 aromatic heterocycles. The van der Waals surface area contributed by atoms with E-state index in [9.17, 15) is 13.2 Å². The van der Waals surface area contributed by atoms with Gasteiger partial charge in [-0.2, -0.15) is 4.31 Å². The zero-order valence-electron chi connectivity index (χ0n) is 11.8. The molecule has 22 heavy (non-hydrogen) atoms. The molecule has 0 radical (unpaired) electrons. The zero-order chi connectivity index (χ0) is 16.5. The van der Waals surface area contributed by atoms with Crippen molar-refractivity contribution in [3.63, 3.8) is 0 Å². The van der Waals surface area contributed by atoms with Crippen LogP contribution in [0.2, 0.25) is 5.02 Å². The summed E-state index contributed by atoms with van der Waals surface area (Å²) in [5.74, 6) is -0.725. The number of aromatic carboxylic acids is 1. The molecular weight excluding hydrogens is 332 g/mol. The molecule has 0 atom stereocenters. The molecule has 0 unspecified atom stereocenters. The van der Waals surface area contributed by atoms with Gasteiger partial charge in [0, 0.05) is 13.1 Å². The van der Waals surface area contributed by atoms with Crippen LogP contribution < -0.4 is 0 Å². The predicted octanol–water partition coefficient (Wildman–Crippen LogP) is 2.16. The number of rotatable bonds is 5. The quantitative estimate of drug-likeness (QED) is 0.891. The molecule has 0 fully saturated rings. The number of aryl methyl sites for hydroxylation is 1. The molecule has 0 bridgehead atoms. The Morgan fingerprint density at radius 1 is 1.41 bits per heavy atom. The molecule has 0 amide bonds. The van der Waals surface area contributed by atoms with E-state index in [1.165, 1.54) is 19.2 Å². The summed E-state index contributed by atoms with van der Waals surface area (Å²) < 4.78 is 30.9. The number of nitrogens with zero attached hydrogens (tertiary/aromatic N) is 2. The van der Waals surface area contributed by atoms with E-state index in [-0.39, 0.29) is 22.0 Å². The Morgan fingerprint density at radius 2 is 2.09 bits per heavy atom. The van der Waals surface area contributed by atoms with E-state index in [1.807, 2.05) is 0 Å². The third-order valence-corrected chi connectivity index (χ3v) is 5.07. The first-order valence-corrected chi connectivity index (χ1v) is 7.95. The number of hydrogen-bond donors (Lipinski definition) is 1. The van der Waals surface area contributed by atoms with Crippen molar-refractivity contribution in [2.75, 3.05) is 7.05 Å². The molecule has 0 spiro atoms. The van der Waals surface area contributed by atoms with Gasteiger partial charge >= 0.3 is 5.97 Å². The van der Waals surface area contributed by atoms with Crippen molar-refractivity contribution in [3.8, 4) is 0 Å². The molecule has 118 valence electrons. The number of carboxylic acid groups (broad SMARTS) is 1. The van der Waals surface area contributed by atoms with Crippen molar-refractivity contribution >= 4 is 27.6 Å². The van der Waals surface area contributed by atoms with Gasteiger partial charge in [0.15, 0.2) is 0 Å². The summed E-state index contributed by atoms with van der Waals surface area (Å²) in [5.41, 5.74) is 0.185. The second-order valence-corrected chi connectivity index (χ2v) is 7.09. The zero-order valence-corrected chi connectivity index (χ0v) is 13.3. The number of benzene rings is 1. The van der Waals surface area contributed by atoms with E-state index in [4.69, 9.17) is 21.2 Å². The van der Waals surface area contributed by atoms with Crippen LogP contribution in [0.15, 0.2) is 33.7 Å². The molecule has 1 N–H and O–H groups in total. The molecule has 0 saturated heterocycles. The van der Waals surface area contributed by atoms with Crippen molar-refractivity contribution in [1.29, 1.82) is 0 Å². The largest absolute Gasteiger partial charge is 0.478 e. The molecule has 0 saturated carbocycles. The average Bonchev–Trinajstić information content (AvgIpc) is 2.84. The Bertz CT molecular complexity index is 816. The van der Waals surface area contributed by atoms with E-state index < -0.39 is 16.0 Å². The Balaban J connectivity index is 2.33. The van der Waals surface area contributed by atoms with Crippen LogP contribution in [0.4, 0.5) is 0 Å². The van der Waals surface area contributed by atoms with E-state index >= 15 is 0 Å². The van der Waals surface area contributed by atoms with Gasteiger partial charge in [-0.05, 0) is 25.1 Å². The summed E-state index contributed by atoms with van der Waals surface area (Å²) >= 11 is 5.74. The van der Waals surface area contributed by atoms with Gasteiger partial charge in [0.25, 0.3) is 0 Å². The van der Waals surface area contributed by atoms with Gasteiger partial charge in [-0.3, -0.25) is 0 Å². The van der Waals surface area contributed by atoms with Crippen molar-refractivity contribution in [3.05, 3.63) is 46.3 Å². The summed E-state index contributed by atoms with van der Waals surface area (Å²) in [6.45, 7) is 1.70. The molecule has 1 heterocycles. The van der Waals surface area contributed by atoms with Gasteiger partial charge in [-0.25, -0.2) is 13.2 Å². The Labute approximate surface area is 132 Å². The molecule has 0 aliphatic rings. The number of halogens is 1. The van der Waals surface area contributed by atoms with E-state index in [2.05, 4.69) is 5.16 Å². The van der Waals surface area contributed by atoms with E-state index in [0.29, 0.717) is 11.5 Å². The molecule has 7 nitrogen and oxygen atoms in total. The first-order chi connectivity index (χ1) is 10.2. The highest BCUT2D eigenvalue weighted by atomic mass is 35.5. The maximum Gasteiger partial charge on any atom is 0.337 e. The Morgan fingerprint density at radius 3 is 2.64 bits per heavy atom. The van der Waals surface area contributed by atoms with Crippen LogP contribution in [0.1, 0.15) is 21.8 Å². The monoisotopic (exact) mass is 344 g/mol. The number of carbonyl (C=O) groups is 1. The lowest BCUT2D eigenvalue weighted by Crippen LogP contribution is -2.26. The fraction of sp³-hybridized carbons (Fsp3) is 0.231. The first kappa shape index (κ1) is 16.5. The molecule has 0 aliphatic carbocycles. The van der Waals surface area contributed by atoms with Gasteiger partial charge in [-0.1, -0.05) is 16.8 Å². The summed E-state index contributed by atoms with van der Waals surface area (Å²) in [6.07, 6.45) is 0. The van der Waals surface area contributed by atoms with Crippen molar-refractivity contribution in [1.82, 2.24) is 9.46 Å². The standard InChI is InChI=1S/C13H13ClN2O5S/c1-8-5-9(15-21-8)7-16(2)22(19,20)10-3-4-12(14)11(6-10)13(17)18/h3-6H,7H2,1-2H3,(H,17,18). The SMILES string of the molecule is Cc1cc(CN(C)S(=O)(=O)c2ccc(Cl)c(C(=O)O)c2)no1. The van der Waals surface area contributed by atoms with E-state index in [1.54, 1.807) is 13.0 Å². The Hall–Kier alpha value is -1.90. The summed E-state index contributed by atoms with van der Waals surface area (Å²) in [4.78, 5) is 10.9. The minimum atomic E-state index is -3.87. The summed E-state index contributed by atoms with van der Waals surface area (Å²) in [6, 6.07) is 5.15. The second kappa shape index (κ2) is 6.07. The van der Waals surface area contributed by atoms with Crippen LogP contribution in [0.3, 0.4) is 0 Å². The third kappa shape index (κ3) is 3.29. The van der Waals surface area contributed by atoms with Crippen molar-refractivity contribution in [2.24, 2.45) is 0 Å². The molecule has 1 aromatic carbocycles. The third-order valence-electron chi connectivity index (χ3n) is 2.94. The summed E-state index contributed by atoms with van der Waals surface area (Å²) in [7, 11) is -2.50. The van der Waals surface area contributed by atoms with Gasteiger partial charge in [0.1, 0.15) is 5.76 Å². The molecule has 0 aliphatic heterocycles. The highest BCUT2D eigenvalue weighted by Gasteiger charge is 2.24. The van der Waals surface area contributed by atoms with Crippen LogP contribution >= 0.6 is 11.6 Å². The molecule has 2 aromatic rings. The average molecular weight is 345 g/mol. The van der Waals surface area contributed by atoms with Gasteiger partial charge in [0.2, 0.25) is 10.0 Å². The van der Waals surface area contributed by atoms with Crippen molar-refractivity contribution in [2.45, 2.75) is 18.4 Å². The van der Waals surface area contributed by atoms with Crippen LogP contribution in [-0.2, 0) is 16.6 Å². The molecule has 9 heteroatoms. The second-order valence-electron chi connectivity index (χ2n) is 4.64. The highest BCUT2D eigenvalue weighted by Crippen LogP contribution is 2.23. The fourth-order valence-corrected chi connectivity index (χ4v) is 3.18. The first-order valence-electron chi connectivity index (χ1n) is 6.13. The maximum absolute atomic E-state index is 12.5. The van der Waals surface area contributed by atoms with Gasteiger partial charge in [-0.15, -0.1) is 0 Å².